The molecular formula is C17H14BrNO. The van der Waals surface area contributed by atoms with Crippen molar-refractivity contribution in [3.05, 3.63) is 69.3 Å². The molecule has 0 aliphatic carbocycles. The molecule has 0 amide bonds. The molecule has 2 aromatic carbocycles. The smallest absolute Gasteiger partial charge is 0.195 e. The van der Waals surface area contributed by atoms with Gasteiger partial charge < -0.3 is 4.98 Å². The van der Waals surface area contributed by atoms with Crippen LogP contribution in [0.15, 0.2) is 47.1 Å². The van der Waals surface area contributed by atoms with Gasteiger partial charge in [0.1, 0.15) is 0 Å². The van der Waals surface area contributed by atoms with E-state index in [2.05, 4.69) is 20.9 Å². The van der Waals surface area contributed by atoms with Crippen molar-refractivity contribution in [2.45, 2.75) is 13.8 Å². The summed E-state index contributed by atoms with van der Waals surface area (Å²) >= 11 is 3.48. The fourth-order valence-electron chi connectivity index (χ4n) is 2.42. The maximum Gasteiger partial charge on any atom is 0.195 e. The first kappa shape index (κ1) is 13.1. The van der Waals surface area contributed by atoms with E-state index in [1.165, 1.54) is 0 Å². The first-order valence-corrected chi connectivity index (χ1v) is 7.25. The Morgan fingerprint density at radius 3 is 2.70 bits per heavy atom. The number of aromatic amines is 1. The summed E-state index contributed by atoms with van der Waals surface area (Å²) in [5, 5.41) is 0.981. The molecule has 0 saturated heterocycles. The molecule has 1 heterocycles. The maximum atomic E-state index is 12.8. The highest BCUT2D eigenvalue weighted by Crippen LogP contribution is 2.26. The summed E-state index contributed by atoms with van der Waals surface area (Å²) < 4.78 is 0.958. The zero-order valence-electron chi connectivity index (χ0n) is 11.3. The molecule has 0 spiro atoms. The summed E-state index contributed by atoms with van der Waals surface area (Å²) in [6.07, 6.45) is 1.80. The molecule has 0 unspecified atom stereocenters. The van der Waals surface area contributed by atoms with Crippen molar-refractivity contribution >= 4 is 32.6 Å². The van der Waals surface area contributed by atoms with E-state index in [1.54, 1.807) is 6.20 Å². The Hall–Kier alpha value is -1.87. The zero-order valence-corrected chi connectivity index (χ0v) is 12.9. The number of rotatable bonds is 2. The van der Waals surface area contributed by atoms with Gasteiger partial charge in [-0.25, -0.2) is 0 Å². The molecule has 3 rings (SSSR count). The molecule has 0 aliphatic heterocycles. The number of H-pyrrole nitrogens is 1. The number of benzene rings is 2. The lowest BCUT2D eigenvalue weighted by Gasteiger charge is -2.06. The molecule has 2 nitrogen and oxygen atoms in total. The lowest BCUT2D eigenvalue weighted by molar-refractivity contribution is 0.103. The quantitative estimate of drug-likeness (QED) is 0.675. The van der Waals surface area contributed by atoms with Crippen LogP contribution in [0.5, 0.6) is 0 Å². The molecule has 3 aromatic rings. The van der Waals surface area contributed by atoms with Crippen molar-refractivity contribution in [1.82, 2.24) is 4.98 Å². The first-order chi connectivity index (χ1) is 9.58. The Balaban J connectivity index is 2.18. The van der Waals surface area contributed by atoms with E-state index < -0.39 is 0 Å². The van der Waals surface area contributed by atoms with E-state index in [9.17, 15) is 4.79 Å². The van der Waals surface area contributed by atoms with Gasteiger partial charge in [0.25, 0.3) is 0 Å². The Morgan fingerprint density at radius 2 is 1.90 bits per heavy atom. The predicted molar refractivity (Wildman–Crippen MR) is 85.3 cm³/mol. The Labute approximate surface area is 126 Å². The Bertz CT molecular complexity index is 817. The molecule has 0 fully saturated rings. The minimum atomic E-state index is 0.0562. The van der Waals surface area contributed by atoms with Crippen molar-refractivity contribution < 1.29 is 4.79 Å². The normalized spacial score (nSPS) is 10.9. The summed E-state index contributed by atoms with van der Waals surface area (Å²) in [7, 11) is 0. The van der Waals surface area contributed by atoms with Crippen LogP contribution in [0.2, 0.25) is 0 Å². The Morgan fingerprint density at radius 1 is 1.10 bits per heavy atom. The third-order valence-corrected chi connectivity index (χ3v) is 4.45. The van der Waals surface area contributed by atoms with Gasteiger partial charge in [0.2, 0.25) is 0 Å². The molecule has 0 radical (unpaired) electrons. The largest absolute Gasteiger partial charge is 0.360 e. The van der Waals surface area contributed by atoms with Crippen molar-refractivity contribution in [3.63, 3.8) is 0 Å². The highest BCUT2D eigenvalue weighted by Gasteiger charge is 2.16. The fourth-order valence-corrected chi connectivity index (χ4v) is 2.79. The molecule has 0 saturated carbocycles. The molecule has 0 atom stereocenters. The van der Waals surface area contributed by atoms with Crippen LogP contribution in [0.1, 0.15) is 27.0 Å². The number of halogens is 1. The summed E-state index contributed by atoms with van der Waals surface area (Å²) in [5.41, 5.74) is 4.58. The molecule has 0 bridgehead atoms. The highest BCUT2D eigenvalue weighted by molar-refractivity contribution is 9.10. The van der Waals surface area contributed by atoms with E-state index in [0.29, 0.717) is 0 Å². The number of hydrogen-bond donors (Lipinski definition) is 1. The van der Waals surface area contributed by atoms with Gasteiger partial charge in [-0.05, 0) is 37.6 Å². The first-order valence-electron chi connectivity index (χ1n) is 6.45. The molecule has 1 N–H and O–H groups in total. The van der Waals surface area contributed by atoms with Crippen LogP contribution in [0.4, 0.5) is 0 Å². The molecule has 1 aromatic heterocycles. The predicted octanol–water partition coefficient (Wildman–Crippen LogP) is 4.78. The number of aryl methyl sites for hydroxylation is 1. The van der Waals surface area contributed by atoms with Crippen molar-refractivity contribution in [3.8, 4) is 0 Å². The van der Waals surface area contributed by atoms with Crippen LogP contribution >= 0.6 is 15.9 Å². The van der Waals surface area contributed by atoms with Gasteiger partial charge in [-0.3, -0.25) is 4.79 Å². The van der Waals surface area contributed by atoms with E-state index in [0.717, 1.165) is 37.6 Å². The average Bonchev–Trinajstić information content (AvgIpc) is 2.84. The molecule has 3 heteroatoms. The van der Waals surface area contributed by atoms with Crippen LogP contribution in [0.25, 0.3) is 10.9 Å². The second-order valence-electron chi connectivity index (χ2n) is 4.99. The standard InChI is InChI=1S/C17H14BrNO/c1-10-6-7-16-13(8-10)14(9-19-16)17(20)12-4-3-5-15(18)11(12)2/h3-9,19H,1-2H3. The van der Waals surface area contributed by atoms with Gasteiger partial charge in [-0.2, -0.15) is 0 Å². The minimum Gasteiger partial charge on any atom is -0.360 e. The minimum absolute atomic E-state index is 0.0562. The van der Waals surface area contributed by atoms with Gasteiger partial charge >= 0.3 is 0 Å². The fraction of sp³-hybridized carbons (Fsp3) is 0.118. The van der Waals surface area contributed by atoms with Crippen LogP contribution in [0, 0.1) is 13.8 Å². The summed E-state index contributed by atoms with van der Waals surface area (Å²) in [6.45, 7) is 3.99. The number of carbonyl (C=O) groups excluding carboxylic acids is 1. The number of nitrogens with one attached hydrogen (secondary N) is 1. The lowest BCUT2D eigenvalue weighted by Crippen LogP contribution is -2.03. The molecule has 0 aliphatic rings. The third-order valence-electron chi connectivity index (χ3n) is 3.59. The number of aromatic nitrogens is 1. The van der Waals surface area contributed by atoms with Crippen LogP contribution < -0.4 is 0 Å². The van der Waals surface area contributed by atoms with Crippen LogP contribution in [-0.2, 0) is 0 Å². The van der Waals surface area contributed by atoms with Crippen LogP contribution in [0.3, 0.4) is 0 Å². The lowest BCUT2D eigenvalue weighted by atomic mass is 9.98. The van der Waals surface area contributed by atoms with Crippen molar-refractivity contribution in [1.29, 1.82) is 0 Å². The monoisotopic (exact) mass is 327 g/mol. The number of fused-ring (bicyclic) bond motifs is 1. The Kier molecular flexibility index (Phi) is 3.22. The van der Waals surface area contributed by atoms with Crippen molar-refractivity contribution in [2.24, 2.45) is 0 Å². The zero-order chi connectivity index (χ0) is 14.3. The van der Waals surface area contributed by atoms with Crippen molar-refractivity contribution in [2.75, 3.05) is 0 Å². The van der Waals surface area contributed by atoms with Gasteiger partial charge in [0.15, 0.2) is 5.78 Å². The second kappa shape index (κ2) is 4.91. The SMILES string of the molecule is Cc1ccc2[nH]cc(C(=O)c3cccc(Br)c3C)c2c1. The topological polar surface area (TPSA) is 32.9 Å². The number of hydrogen-bond acceptors (Lipinski definition) is 1. The third kappa shape index (κ3) is 2.08. The van der Waals surface area contributed by atoms with E-state index in [-0.39, 0.29) is 5.78 Å². The van der Waals surface area contributed by atoms with Crippen LogP contribution in [-0.4, -0.2) is 10.8 Å². The van der Waals surface area contributed by atoms with E-state index in [4.69, 9.17) is 0 Å². The summed E-state index contributed by atoms with van der Waals surface area (Å²) in [5.74, 6) is 0.0562. The second-order valence-corrected chi connectivity index (χ2v) is 5.85. The van der Waals surface area contributed by atoms with Gasteiger partial charge in [-0.15, -0.1) is 0 Å². The molecule has 20 heavy (non-hydrogen) atoms. The van der Waals surface area contributed by atoms with E-state index in [1.807, 2.05) is 50.2 Å². The number of carbonyl (C=O) groups is 1. The average molecular weight is 328 g/mol. The van der Waals surface area contributed by atoms with Gasteiger partial charge in [0, 0.05) is 32.7 Å². The number of ketones is 1. The van der Waals surface area contributed by atoms with Gasteiger partial charge in [-0.1, -0.05) is 39.7 Å². The highest BCUT2D eigenvalue weighted by atomic mass is 79.9. The van der Waals surface area contributed by atoms with Gasteiger partial charge in [0.05, 0.1) is 0 Å². The molecule has 100 valence electrons. The maximum absolute atomic E-state index is 12.8. The summed E-state index contributed by atoms with van der Waals surface area (Å²) in [4.78, 5) is 15.9. The summed E-state index contributed by atoms with van der Waals surface area (Å²) in [6, 6.07) is 11.8. The van der Waals surface area contributed by atoms with E-state index >= 15 is 0 Å². The molecular weight excluding hydrogens is 314 g/mol.